The van der Waals surface area contributed by atoms with Crippen LogP contribution in [0.15, 0.2) is 12.3 Å². The van der Waals surface area contributed by atoms with Gasteiger partial charge in [0.05, 0.1) is 0 Å². The zero-order valence-corrected chi connectivity index (χ0v) is 11.3. The molecule has 0 aromatic carbocycles. The fourth-order valence-corrected chi connectivity index (χ4v) is 2.56. The Balaban J connectivity index is 2.46. The first-order chi connectivity index (χ1) is 8.15. The van der Waals surface area contributed by atoms with E-state index in [4.69, 9.17) is 5.73 Å². The van der Waals surface area contributed by atoms with Crippen LogP contribution in [0.1, 0.15) is 24.9 Å². The predicted octanol–water partition coefficient (Wildman–Crippen LogP) is 2.64. The van der Waals surface area contributed by atoms with Crippen LogP contribution >= 0.6 is 11.8 Å². The molecule has 0 spiro atoms. The summed E-state index contributed by atoms with van der Waals surface area (Å²) in [6.07, 6.45) is 5.01. The molecule has 2 rings (SSSR count). The highest BCUT2D eigenvalue weighted by atomic mass is 32.2. The van der Waals surface area contributed by atoms with E-state index in [1.54, 1.807) is 0 Å². The Morgan fingerprint density at radius 3 is 3.00 bits per heavy atom. The third-order valence-electron chi connectivity index (χ3n) is 2.99. The van der Waals surface area contributed by atoms with E-state index in [0.29, 0.717) is 12.0 Å². The van der Waals surface area contributed by atoms with Gasteiger partial charge in [0.25, 0.3) is 0 Å². The summed E-state index contributed by atoms with van der Waals surface area (Å²) in [5.74, 6) is 1.68. The molecule has 0 aliphatic carbocycles. The highest BCUT2D eigenvalue weighted by Crippen LogP contribution is 2.25. The lowest BCUT2D eigenvalue weighted by molar-refractivity contribution is 0.553. The molecule has 0 bridgehead atoms. The zero-order valence-electron chi connectivity index (χ0n) is 10.5. The van der Waals surface area contributed by atoms with Crippen LogP contribution in [0.4, 0.5) is 5.95 Å². The van der Waals surface area contributed by atoms with Crippen molar-refractivity contribution in [2.75, 3.05) is 17.7 Å². The fraction of sp³-hybridized carbons (Fsp3) is 0.500. The molecule has 17 heavy (non-hydrogen) atoms. The molecule has 0 radical (unpaired) electrons. The Labute approximate surface area is 106 Å². The maximum Gasteiger partial charge on any atom is 0.202 e. The Kier molecular flexibility index (Phi) is 3.57. The second-order valence-corrected chi connectivity index (χ2v) is 5.26. The Morgan fingerprint density at radius 2 is 2.29 bits per heavy atom. The number of nitrogens with zero attached hydrogens (tertiary/aromatic N) is 3. The van der Waals surface area contributed by atoms with Crippen LogP contribution in [0, 0.1) is 6.92 Å². The quantitative estimate of drug-likeness (QED) is 0.906. The molecule has 1 unspecified atom stereocenters. The van der Waals surface area contributed by atoms with Crippen LogP contribution in [0.25, 0.3) is 11.2 Å². The van der Waals surface area contributed by atoms with Gasteiger partial charge >= 0.3 is 0 Å². The van der Waals surface area contributed by atoms with Crippen molar-refractivity contribution in [3.05, 3.63) is 17.8 Å². The number of nitrogens with two attached hydrogens (primary N) is 1. The average molecular weight is 250 g/mol. The maximum absolute atomic E-state index is 6.00. The molecule has 0 aliphatic rings. The fourth-order valence-electron chi connectivity index (χ4n) is 1.98. The van der Waals surface area contributed by atoms with E-state index >= 15 is 0 Å². The average Bonchev–Trinajstić information content (AvgIpc) is 2.64. The molecule has 2 heterocycles. The number of aromatic nitrogens is 3. The van der Waals surface area contributed by atoms with E-state index in [-0.39, 0.29) is 0 Å². The topological polar surface area (TPSA) is 56.7 Å². The summed E-state index contributed by atoms with van der Waals surface area (Å²) in [5.41, 5.74) is 8.94. The lowest BCUT2D eigenvalue weighted by Crippen LogP contribution is -2.10. The van der Waals surface area contributed by atoms with E-state index in [0.717, 1.165) is 28.9 Å². The van der Waals surface area contributed by atoms with Gasteiger partial charge in [-0.15, -0.1) is 0 Å². The number of imidazole rings is 1. The second kappa shape index (κ2) is 4.96. The normalized spacial score (nSPS) is 13.1. The lowest BCUT2D eigenvalue weighted by atomic mass is 10.2. The molecule has 2 aromatic heterocycles. The largest absolute Gasteiger partial charge is 0.369 e. The minimum Gasteiger partial charge on any atom is -0.369 e. The highest BCUT2D eigenvalue weighted by Gasteiger charge is 2.15. The lowest BCUT2D eigenvalue weighted by Gasteiger charge is -2.14. The molecular formula is C12H18N4S. The first-order valence-corrected chi connectivity index (χ1v) is 7.12. The number of pyridine rings is 1. The summed E-state index contributed by atoms with van der Waals surface area (Å²) in [5, 5.41) is 0. The monoisotopic (exact) mass is 250 g/mol. The molecule has 1 atom stereocenters. The number of thioether (sulfide) groups is 1. The summed E-state index contributed by atoms with van der Waals surface area (Å²) in [6.45, 7) is 4.20. The predicted molar refractivity (Wildman–Crippen MR) is 74.4 cm³/mol. The van der Waals surface area contributed by atoms with Crippen molar-refractivity contribution in [2.24, 2.45) is 0 Å². The summed E-state index contributed by atoms with van der Waals surface area (Å²) >= 11 is 1.85. The van der Waals surface area contributed by atoms with Gasteiger partial charge in [0.15, 0.2) is 5.65 Å². The van der Waals surface area contributed by atoms with Gasteiger partial charge in [-0.05, 0) is 43.9 Å². The van der Waals surface area contributed by atoms with Gasteiger partial charge in [-0.25, -0.2) is 9.97 Å². The van der Waals surface area contributed by atoms with E-state index in [1.807, 2.05) is 35.5 Å². The smallest absolute Gasteiger partial charge is 0.202 e. The number of hydrogen-bond acceptors (Lipinski definition) is 4. The second-order valence-electron chi connectivity index (χ2n) is 4.27. The number of rotatable bonds is 4. The van der Waals surface area contributed by atoms with Crippen LogP contribution in [-0.4, -0.2) is 26.5 Å². The van der Waals surface area contributed by atoms with E-state index in [1.165, 1.54) is 0 Å². The van der Waals surface area contributed by atoms with Crippen molar-refractivity contribution in [1.29, 1.82) is 0 Å². The molecule has 0 saturated heterocycles. The molecule has 5 heteroatoms. The van der Waals surface area contributed by atoms with Gasteiger partial charge in [0.2, 0.25) is 5.95 Å². The van der Waals surface area contributed by atoms with Crippen molar-refractivity contribution >= 4 is 28.9 Å². The molecule has 2 N–H and O–H groups in total. The summed E-state index contributed by atoms with van der Waals surface area (Å²) in [4.78, 5) is 8.82. The van der Waals surface area contributed by atoms with Crippen molar-refractivity contribution in [2.45, 2.75) is 26.3 Å². The molecule has 0 amide bonds. The standard InChI is InChI=1S/C12H18N4S/c1-8-4-6-14-11-10(8)15-12(13)16(11)9(2)5-7-17-3/h4,6,9H,5,7H2,1-3H3,(H2,13,15). The summed E-state index contributed by atoms with van der Waals surface area (Å²) < 4.78 is 2.04. The Morgan fingerprint density at radius 1 is 1.53 bits per heavy atom. The van der Waals surface area contributed by atoms with Crippen molar-refractivity contribution in [3.63, 3.8) is 0 Å². The van der Waals surface area contributed by atoms with Crippen molar-refractivity contribution in [1.82, 2.24) is 14.5 Å². The molecule has 2 aromatic rings. The maximum atomic E-state index is 6.00. The molecule has 0 fully saturated rings. The van der Waals surface area contributed by atoms with Gasteiger partial charge < -0.3 is 5.73 Å². The number of hydrogen-bond donors (Lipinski definition) is 1. The third kappa shape index (κ3) is 2.24. The zero-order chi connectivity index (χ0) is 12.4. The number of anilines is 1. The van der Waals surface area contributed by atoms with Crippen LogP contribution in [0.2, 0.25) is 0 Å². The van der Waals surface area contributed by atoms with Gasteiger partial charge in [-0.3, -0.25) is 4.57 Å². The first-order valence-electron chi connectivity index (χ1n) is 5.73. The van der Waals surface area contributed by atoms with Gasteiger partial charge in [-0.1, -0.05) is 0 Å². The van der Waals surface area contributed by atoms with E-state index in [2.05, 4.69) is 23.1 Å². The SMILES string of the molecule is CSCCC(C)n1c(N)nc2c(C)ccnc21. The molecule has 0 aliphatic heterocycles. The molecule has 92 valence electrons. The van der Waals surface area contributed by atoms with Crippen molar-refractivity contribution in [3.8, 4) is 0 Å². The number of aryl methyl sites for hydroxylation is 1. The number of nitrogen functional groups attached to an aromatic ring is 1. The van der Waals surface area contributed by atoms with Crippen LogP contribution < -0.4 is 5.73 Å². The molecule has 4 nitrogen and oxygen atoms in total. The minimum absolute atomic E-state index is 0.335. The third-order valence-corrected chi connectivity index (χ3v) is 3.63. The molecular weight excluding hydrogens is 232 g/mol. The summed E-state index contributed by atoms with van der Waals surface area (Å²) in [7, 11) is 0. The Hall–Kier alpha value is -1.23. The van der Waals surface area contributed by atoms with Gasteiger partial charge in [0.1, 0.15) is 5.52 Å². The van der Waals surface area contributed by atoms with Gasteiger partial charge in [0, 0.05) is 12.2 Å². The van der Waals surface area contributed by atoms with Crippen LogP contribution in [0.5, 0.6) is 0 Å². The number of fused-ring (bicyclic) bond motifs is 1. The van der Waals surface area contributed by atoms with E-state index < -0.39 is 0 Å². The highest BCUT2D eigenvalue weighted by molar-refractivity contribution is 7.98. The van der Waals surface area contributed by atoms with Crippen LogP contribution in [-0.2, 0) is 0 Å². The Bertz CT molecular complexity index is 520. The van der Waals surface area contributed by atoms with Gasteiger partial charge in [-0.2, -0.15) is 11.8 Å². The summed E-state index contributed by atoms with van der Waals surface area (Å²) in [6, 6.07) is 2.30. The van der Waals surface area contributed by atoms with Crippen molar-refractivity contribution < 1.29 is 0 Å². The molecule has 0 saturated carbocycles. The first kappa shape index (κ1) is 12.2. The van der Waals surface area contributed by atoms with Crippen LogP contribution in [0.3, 0.4) is 0 Å². The van der Waals surface area contributed by atoms with E-state index in [9.17, 15) is 0 Å². The minimum atomic E-state index is 0.335.